The van der Waals surface area contributed by atoms with Crippen molar-refractivity contribution in [2.75, 3.05) is 19.7 Å². The quantitative estimate of drug-likeness (QED) is 0.660. The summed E-state index contributed by atoms with van der Waals surface area (Å²) in [5.74, 6) is 0. The SMILES string of the molecule is O[C@@H]1OCCC[C@@H]1N1CCCCC1. The number of nitrogens with zero attached hydrogens (tertiary/aromatic N) is 1. The van der Waals surface area contributed by atoms with Gasteiger partial charge in [-0.25, -0.2) is 0 Å². The number of rotatable bonds is 1. The minimum atomic E-state index is -0.535. The second-order valence-corrected chi connectivity index (χ2v) is 4.07. The third kappa shape index (κ3) is 2.22. The number of hydrogen-bond acceptors (Lipinski definition) is 3. The Bertz CT molecular complexity index is 157. The molecule has 0 spiro atoms. The third-order valence-electron chi connectivity index (χ3n) is 3.12. The molecule has 0 saturated carbocycles. The van der Waals surface area contributed by atoms with Crippen LogP contribution in [-0.4, -0.2) is 42.0 Å². The lowest BCUT2D eigenvalue weighted by Gasteiger charge is -2.39. The summed E-state index contributed by atoms with van der Waals surface area (Å²) in [7, 11) is 0. The molecule has 2 aliphatic heterocycles. The largest absolute Gasteiger partial charge is 0.367 e. The first-order valence-electron chi connectivity index (χ1n) is 5.41. The van der Waals surface area contributed by atoms with Crippen molar-refractivity contribution < 1.29 is 9.84 Å². The fourth-order valence-corrected chi connectivity index (χ4v) is 2.36. The number of aliphatic hydroxyl groups is 1. The van der Waals surface area contributed by atoms with Crippen LogP contribution in [0.3, 0.4) is 0 Å². The van der Waals surface area contributed by atoms with Crippen molar-refractivity contribution in [3.8, 4) is 0 Å². The molecule has 0 aromatic rings. The highest BCUT2D eigenvalue weighted by Gasteiger charge is 2.29. The highest BCUT2D eigenvalue weighted by atomic mass is 16.6. The highest BCUT2D eigenvalue weighted by Crippen LogP contribution is 2.21. The van der Waals surface area contributed by atoms with Crippen LogP contribution in [0.1, 0.15) is 32.1 Å². The Balaban J connectivity index is 1.88. The first-order valence-corrected chi connectivity index (χ1v) is 5.41. The van der Waals surface area contributed by atoms with Gasteiger partial charge in [0, 0.05) is 6.61 Å². The average molecular weight is 185 g/mol. The van der Waals surface area contributed by atoms with E-state index in [4.69, 9.17) is 4.74 Å². The Morgan fingerprint density at radius 3 is 2.54 bits per heavy atom. The van der Waals surface area contributed by atoms with E-state index in [-0.39, 0.29) is 6.04 Å². The van der Waals surface area contributed by atoms with Crippen LogP contribution >= 0.6 is 0 Å². The molecule has 3 heteroatoms. The molecule has 13 heavy (non-hydrogen) atoms. The van der Waals surface area contributed by atoms with Crippen molar-refractivity contribution >= 4 is 0 Å². The van der Waals surface area contributed by atoms with Gasteiger partial charge in [-0.1, -0.05) is 6.42 Å². The van der Waals surface area contributed by atoms with Crippen molar-refractivity contribution in [1.82, 2.24) is 4.90 Å². The fourth-order valence-electron chi connectivity index (χ4n) is 2.36. The lowest BCUT2D eigenvalue weighted by Crippen LogP contribution is -2.49. The molecule has 2 fully saturated rings. The Morgan fingerprint density at radius 1 is 1.08 bits per heavy atom. The molecule has 0 amide bonds. The van der Waals surface area contributed by atoms with E-state index in [2.05, 4.69) is 4.90 Å². The van der Waals surface area contributed by atoms with Crippen LogP contribution in [0.25, 0.3) is 0 Å². The minimum Gasteiger partial charge on any atom is -0.367 e. The zero-order valence-electron chi connectivity index (χ0n) is 8.11. The summed E-state index contributed by atoms with van der Waals surface area (Å²) in [5, 5.41) is 9.66. The normalized spacial score (nSPS) is 37.6. The zero-order chi connectivity index (χ0) is 9.10. The van der Waals surface area contributed by atoms with Crippen molar-refractivity contribution in [3.05, 3.63) is 0 Å². The number of ether oxygens (including phenoxy) is 1. The molecule has 2 heterocycles. The number of likely N-dealkylation sites (tertiary alicyclic amines) is 1. The van der Waals surface area contributed by atoms with E-state index in [9.17, 15) is 5.11 Å². The van der Waals surface area contributed by atoms with Gasteiger partial charge in [0.25, 0.3) is 0 Å². The summed E-state index contributed by atoms with van der Waals surface area (Å²) in [6.07, 6.45) is 5.57. The number of piperidine rings is 1. The van der Waals surface area contributed by atoms with Crippen LogP contribution < -0.4 is 0 Å². The molecule has 2 rings (SSSR count). The van der Waals surface area contributed by atoms with Gasteiger partial charge in [0.2, 0.25) is 0 Å². The molecule has 0 unspecified atom stereocenters. The summed E-state index contributed by atoms with van der Waals surface area (Å²) in [5.41, 5.74) is 0. The summed E-state index contributed by atoms with van der Waals surface area (Å²) in [6, 6.07) is 0.272. The molecule has 3 nitrogen and oxygen atoms in total. The lowest BCUT2D eigenvalue weighted by molar-refractivity contribution is -0.169. The van der Waals surface area contributed by atoms with Gasteiger partial charge in [-0.2, -0.15) is 0 Å². The molecule has 2 atom stereocenters. The van der Waals surface area contributed by atoms with Crippen LogP contribution in [0.15, 0.2) is 0 Å². The Morgan fingerprint density at radius 2 is 1.85 bits per heavy atom. The Hall–Kier alpha value is -0.120. The van der Waals surface area contributed by atoms with E-state index >= 15 is 0 Å². The van der Waals surface area contributed by atoms with Crippen molar-refractivity contribution in [1.29, 1.82) is 0 Å². The standard InChI is InChI=1S/C10H19NO2/c12-10-9(5-4-8-13-10)11-6-2-1-3-7-11/h9-10,12H,1-8H2/t9-,10+/m0/s1. The molecule has 0 radical (unpaired) electrons. The van der Waals surface area contributed by atoms with Gasteiger partial charge < -0.3 is 9.84 Å². The summed E-state index contributed by atoms with van der Waals surface area (Å²) in [6.45, 7) is 3.02. The summed E-state index contributed by atoms with van der Waals surface area (Å²) in [4.78, 5) is 2.40. The van der Waals surface area contributed by atoms with Crippen LogP contribution in [0.2, 0.25) is 0 Å². The van der Waals surface area contributed by atoms with E-state index in [0.29, 0.717) is 0 Å². The van der Waals surface area contributed by atoms with E-state index < -0.39 is 6.29 Å². The van der Waals surface area contributed by atoms with Gasteiger partial charge in [0.1, 0.15) is 0 Å². The molecule has 0 aliphatic carbocycles. The van der Waals surface area contributed by atoms with Crippen LogP contribution in [-0.2, 0) is 4.74 Å². The van der Waals surface area contributed by atoms with Crippen LogP contribution in [0.4, 0.5) is 0 Å². The first-order chi connectivity index (χ1) is 6.38. The molecule has 1 N–H and O–H groups in total. The zero-order valence-corrected chi connectivity index (χ0v) is 8.11. The summed E-state index contributed by atoms with van der Waals surface area (Å²) >= 11 is 0. The second kappa shape index (κ2) is 4.40. The van der Waals surface area contributed by atoms with Gasteiger partial charge in [-0.3, -0.25) is 4.90 Å². The van der Waals surface area contributed by atoms with Gasteiger partial charge in [-0.15, -0.1) is 0 Å². The Kier molecular flexibility index (Phi) is 3.19. The van der Waals surface area contributed by atoms with Gasteiger partial charge >= 0.3 is 0 Å². The van der Waals surface area contributed by atoms with Gasteiger partial charge in [0.15, 0.2) is 6.29 Å². The molecular formula is C10H19NO2. The van der Waals surface area contributed by atoms with Gasteiger partial charge in [-0.05, 0) is 38.8 Å². The molecule has 2 aliphatic rings. The smallest absolute Gasteiger partial charge is 0.170 e. The Labute approximate surface area is 79.7 Å². The van der Waals surface area contributed by atoms with E-state index in [1.54, 1.807) is 0 Å². The predicted octanol–water partition coefficient (Wildman–Crippen LogP) is 0.970. The second-order valence-electron chi connectivity index (χ2n) is 4.07. The van der Waals surface area contributed by atoms with Crippen molar-refractivity contribution in [2.24, 2.45) is 0 Å². The van der Waals surface area contributed by atoms with Crippen molar-refractivity contribution in [2.45, 2.75) is 44.4 Å². The summed E-state index contributed by atoms with van der Waals surface area (Å²) < 4.78 is 5.26. The third-order valence-corrected chi connectivity index (χ3v) is 3.12. The lowest BCUT2D eigenvalue weighted by atomic mass is 10.0. The van der Waals surface area contributed by atoms with E-state index in [0.717, 1.165) is 32.5 Å². The topological polar surface area (TPSA) is 32.7 Å². The van der Waals surface area contributed by atoms with Crippen LogP contribution in [0, 0.1) is 0 Å². The van der Waals surface area contributed by atoms with Crippen LogP contribution in [0.5, 0.6) is 0 Å². The monoisotopic (exact) mass is 185 g/mol. The maximum atomic E-state index is 9.66. The molecule has 0 bridgehead atoms. The van der Waals surface area contributed by atoms with Crippen molar-refractivity contribution in [3.63, 3.8) is 0 Å². The average Bonchev–Trinajstić information content (AvgIpc) is 2.20. The maximum absolute atomic E-state index is 9.66. The fraction of sp³-hybridized carbons (Fsp3) is 1.00. The maximum Gasteiger partial charge on any atom is 0.170 e. The highest BCUT2D eigenvalue weighted by molar-refractivity contribution is 4.79. The molecular weight excluding hydrogens is 166 g/mol. The molecule has 0 aromatic heterocycles. The molecule has 2 saturated heterocycles. The van der Waals surface area contributed by atoms with Gasteiger partial charge in [0.05, 0.1) is 6.04 Å². The first kappa shape index (κ1) is 9.44. The molecule has 76 valence electrons. The van der Waals surface area contributed by atoms with E-state index in [1.165, 1.54) is 19.3 Å². The minimum absolute atomic E-state index is 0.272. The predicted molar refractivity (Wildman–Crippen MR) is 50.4 cm³/mol. The number of aliphatic hydroxyl groups excluding tert-OH is 1. The van der Waals surface area contributed by atoms with E-state index in [1.807, 2.05) is 0 Å². The number of hydrogen-bond donors (Lipinski definition) is 1. The molecule has 0 aromatic carbocycles.